The van der Waals surface area contributed by atoms with Crippen molar-refractivity contribution in [2.75, 3.05) is 38.7 Å². The molecule has 0 saturated carbocycles. The molecule has 1 aromatic rings. The van der Waals surface area contributed by atoms with Crippen molar-refractivity contribution in [1.82, 2.24) is 9.88 Å². The fourth-order valence-electron chi connectivity index (χ4n) is 1.87. The van der Waals surface area contributed by atoms with Crippen molar-refractivity contribution in [1.29, 1.82) is 0 Å². The minimum absolute atomic E-state index is 0.0512. The Bertz CT molecular complexity index is 414. The zero-order chi connectivity index (χ0) is 12.3. The van der Waals surface area contributed by atoms with Crippen LogP contribution < -0.4 is 5.32 Å². The summed E-state index contributed by atoms with van der Waals surface area (Å²) in [6.07, 6.45) is 0. The Balaban J connectivity index is 2.20. The van der Waals surface area contributed by atoms with Crippen molar-refractivity contribution in [2.45, 2.75) is 6.92 Å². The van der Waals surface area contributed by atoms with Crippen molar-refractivity contribution in [2.24, 2.45) is 0 Å². The summed E-state index contributed by atoms with van der Waals surface area (Å²) in [5, 5.41) is 2.96. The van der Waals surface area contributed by atoms with E-state index in [9.17, 15) is 4.79 Å². The van der Waals surface area contributed by atoms with Gasteiger partial charge in [0.2, 0.25) is 0 Å². The first-order valence-electron chi connectivity index (χ1n) is 5.74. The predicted octanol–water partition coefficient (Wildman–Crippen LogP) is 0.904. The molecule has 5 heteroatoms. The molecule has 92 valence electrons. The average molecular weight is 235 g/mol. The lowest BCUT2D eigenvalue weighted by molar-refractivity contribution is 0.0303. The van der Waals surface area contributed by atoms with E-state index in [1.807, 2.05) is 17.9 Å². The predicted molar refractivity (Wildman–Crippen MR) is 65.2 cm³/mol. The van der Waals surface area contributed by atoms with Gasteiger partial charge in [0.15, 0.2) is 0 Å². The first-order valence-corrected chi connectivity index (χ1v) is 5.74. The van der Waals surface area contributed by atoms with E-state index in [1.54, 1.807) is 13.1 Å². The third-order valence-corrected chi connectivity index (χ3v) is 2.75. The number of rotatable bonds is 2. The van der Waals surface area contributed by atoms with Crippen LogP contribution in [0.15, 0.2) is 12.1 Å². The Morgan fingerprint density at radius 3 is 2.76 bits per heavy atom. The Kier molecular flexibility index (Phi) is 3.58. The summed E-state index contributed by atoms with van der Waals surface area (Å²) in [4.78, 5) is 18.3. The van der Waals surface area contributed by atoms with E-state index in [-0.39, 0.29) is 5.91 Å². The van der Waals surface area contributed by atoms with Crippen molar-refractivity contribution in [3.8, 4) is 0 Å². The van der Waals surface area contributed by atoms with E-state index in [2.05, 4.69) is 10.3 Å². The summed E-state index contributed by atoms with van der Waals surface area (Å²) in [5.74, 6) is 0.775. The molecule has 1 N–H and O–H groups in total. The number of nitrogens with zero attached hydrogens (tertiary/aromatic N) is 2. The molecule has 0 aromatic carbocycles. The zero-order valence-electron chi connectivity index (χ0n) is 10.2. The van der Waals surface area contributed by atoms with Gasteiger partial charge >= 0.3 is 0 Å². The van der Waals surface area contributed by atoms with Crippen LogP contribution in [0.5, 0.6) is 0 Å². The highest BCUT2D eigenvalue weighted by Crippen LogP contribution is 2.13. The molecule has 2 rings (SSSR count). The number of amides is 1. The Labute approximate surface area is 101 Å². The van der Waals surface area contributed by atoms with Crippen LogP contribution in [0.1, 0.15) is 16.1 Å². The Morgan fingerprint density at radius 1 is 1.41 bits per heavy atom. The summed E-state index contributed by atoms with van der Waals surface area (Å²) in [7, 11) is 1.80. The van der Waals surface area contributed by atoms with Crippen LogP contribution >= 0.6 is 0 Å². The van der Waals surface area contributed by atoms with Crippen molar-refractivity contribution in [3.05, 3.63) is 23.4 Å². The van der Waals surface area contributed by atoms with Crippen LogP contribution in [0.3, 0.4) is 0 Å². The minimum Gasteiger partial charge on any atom is -0.378 e. The van der Waals surface area contributed by atoms with Crippen LogP contribution in [-0.2, 0) is 4.74 Å². The molecule has 17 heavy (non-hydrogen) atoms. The molecular formula is C12H17N3O2. The van der Waals surface area contributed by atoms with Gasteiger partial charge in [-0.3, -0.25) is 4.79 Å². The van der Waals surface area contributed by atoms with Gasteiger partial charge < -0.3 is 15.0 Å². The van der Waals surface area contributed by atoms with E-state index in [1.165, 1.54) is 0 Å². The van der Waals surface area contributed by atoms with Gasteiger partial charge in [-0.2, -0.15) is 0 Å². The molecule has 1 aliphatic rings. The second-order valence-corrected chi connectivity index (χ2v) is 4.04. The average Bonchev–Trinajstić information content (AvgIpc) is 2.38. The summed E-state index contributed by atoms with van der Waals surface area (Å²) < 4.78 is 5.24. The molecule has 2 heterocycles. The lowest BCUT2D eigenvalue weighted by Crippen LogP contribution is -2.40. The van der Waals surface area contributed by atoms with Gasteiger partial charge in [0.05, 0.1) is 13.2 Å². The normalized spacial score (nSPS) is 15.8. The minimum atomic E-state index is 0.0512. The number of ether oxygens (including phenoxy) is 1. The van der Waals surface area contributed by atoms with Gasteiger partial charge in [-0.1, -0.05) is 0 Å². The molecule has 0 aliphatic carbocycles. The number of aryl methyl sites for hydroxylation is 1. The third kappa shape index (κ3) is 2.74. The molecule has 1 aromatic heterocycles. The second-order valence-electron chi connectivity index (χ2n) is 4.04. The molecule has 0 radical (unpaired) electrons. The molecule has 1 amide bonds. The van der Waals surface area contributed by atoms with E-state index >= 15 is 0 Å². The van der Waals surface area contributed by atoms with Gasteiger partial charge in [0.25, 0.3) is 5.91 Å². The monoisotopic (exact) mass is 235 g/mol. The fourth-order valence-corrected chi connectivity index (χ4v) is 1.87. The maximum atomic E-state index is 12.2. The second kappa shape index (κ2) is 5.14. The molecule has 0 spiro atoms. The number of pyridine rings is 1. The largest absolute Gasteiger partial charge is 0.378 e. The van der Waals surface area contributed by atoms with Crippen LogP contribution in [0.2, 0.25) is 0 Å². The Morgan fingerprint density at radius 2 is 2.12 bits per heavy atom. The molecule has 1 saturated heterocycles. The third-order valence-electron chi connectivity index (χ3n) is 2.75. The van der Waals surface area contributed by atoms with Gasteiger partial charge in [-0.15, -0.1) is 0 Å². The quantitative estimate of drug-likeness (QED) is 0.827. The van der Waals surface area contributed by atoms with Gasteiger partial charge in [0, 0.05) is 31.4 Å². The van der Waals surface area contributed by atoms with E-state index in [0.717, 1.165) is 11.5 Å². The van der Waals surface area contributed by atoms with Crippen LogP contribution in [0.4, 0.5) is 5.82 Å². The first kappa shape index (κ1) is 11.9. The number of carbonyl (C=O) groups is 1. The van der Waals surface area contributed by atoms with Crippen molar-refractivity contribution < 1.29 is 9.53 Å². The number of anilines is 1. The molecule has 5 nitrogen and oxygen atoms in total. The smallest absolute Gasteiger partial charge is 0.254 e. The molecule has 0 bridgehead atoms. The maximum absolute atomic E-state index is 12.2. The zero-order valence-corrected chi connectivity index (χ0v) is 10.2. The lowest BCUT2D eigenvalue weighted by Gasteiger charge is -2.27. The molecule has 0 atom stereocenters. The highest BCUT2D eigenvalue weighted by Gasteiger charge is 2.19. The van der Waals surface area contributed by atoms with E-state index in [0.29, 0.717) is 31.9 Å². The standard InChI is InChI=1S/C12H17N3O2/c1-9-7-10(8-11(13-2)14-9)12(16)15-3-5-17-6-4-15/h7-8H,3-6H2,1-2H3,(H,13,14). The van der Waals surface area contributed by atoms with Crippen molar-refractivity contribution >= 4 is 11.7 Å². The molecule has 1 fully saturated rings. The van der Waals surface area contributed by atoms with Crippen LogP contribution in [-0.4, -0.2) is 49.1 Å². The number of nitrogens with one attached hydrogen (secondary N) is 1. The van der Waals surface area contributed by atoms with Crippen LogP contribution in [0.25, 0.3) is 0 Å². The Hall–Kier alpha value is -1.62. The topological polar surface area (TPSA) is 54.5 Å². The fraction of sp³-hybridized carbons (Fsp3) is 0.500. The first-order chi connectivity index (χ1) is 8.20. The van der Waals surface area contributed by atoms with Gasteiger partial charge in [-0.25, -0.2) is 4.98 Å². The maximum Gasteiger partial charge on any atom is 0.254 e. The summed E-state index contributed by atoms with van der Waals surface area (Å²) in [6, 6.07) is 3.60. The van der Waals surface area contributed by atoms with Crippen LogP contribution in [0, 0.1) is 6.92 Å². The van der Waals surface area contributed by atoms with Crippen molar-refractivity contribution in [3.63, 3.8) is 0 Å². The number of carbonyl (C=O) groups excluding carboxylic acids is 1. The molecule has 1 aliphatic heterocycles. The summed E-state index contributed by atoms with van der Waals surface area (Å²) in [5.41, 5.74) is 1.53. The SMILES string of the molecule is CNc1cc(C(=O)N2CCOCC2)cc(C)n1. The van der Waals surface area contributed by atoms with Gasteiger partial charge in [-0.05, 0) is 19.1 Å². The number of aromatic nitrogens is 1. The number of morpholine rings is 1. The van der Waals surface area contributed by atoms with Gasteiger partial charge in [0.1, 0.15) is 5.82 Å². The van der Waals surface area contributed by atoms with E-state index in [4.69, 9.17) is 4.74 Å². The highest BCUT2D eigenvalue weighted by atomic mass is 16.5. The highest BCUT2D eigenvalue weighted by molar-refractivity contribution is 5.95. The number of hydrogen-bond donors (Lipinski definition) is 1. The number of hydrogen-bond acceptors (Lipinski definition) is 4. The molecule has 0 unspecified atom stereocenters. The summed E-state index contributed by atoms with van der Waals surface area (Å²) in [6.45, 7) is 4.45. The molecular weight excluding hydrogens is 218 g/mol. The lowest BCUT2D eigenvalue weighted by atomic mass is 10.2. The van der Waals surface area contributed by atoms with E-state index < -0.39 is 0 Å². The summed E-state index contributed by atoms with van der Waals surface area (Å²) >= 11 is 0.